The van der Waals surface area contributed by atoms with Gasteiger partial charge in [-0.1, -0.05) is 25.6 Å². The van der Waals surface area contributed by atoms with Gasteiger partial charge in [-0.2, -0.15) is 13.2 Å². The molecule has 0 bridgehead atoms. The van der Waals surface area contributed by atoms with Gasteiger partial charge >= 0.3 is 5.51 Å². The van der Waals surface area contributed by atoms with Gasteiger partial charge in [-0.05, 0) is 37.6 Å². The van der Waals surface area contributed by atoms with Crippen molar-refractivity contribution in [2.75, 3.05) is 12.3 Å². The number of nitrogens with one attached hydrogen (secondary N) is 1. The molecule has 2 unspecified atom stereocenters. The summed E-state index contributed by atoms with van der Waals surface area (Å²) in [7, 11) is 0. The molecule has 0 amide bonds. The molecule has 0 aromatic heterocycles. The van der Waals surface area contributed by atoms with Crippen LogP contribution in [-0.4, -0.2) is 23.8 Å². The zero-order valence-corrected chi connectivity index (χ0v) is 10.7. The quantitative estimate of drug-likeness (QED) is 0.802. The summed E-state index contributed by atoms with van der Waals surface area (Å²) in [6, 6.07) is 0.505. The van der Waals surface area contributed by atoms with Crippen LogP contribution in [0.15, 0.2) is 0 Å². The van der Waals surface area contributed by atoms with Crippen molar-refractivity contribution >= 4 is 11.8 Å². The summed E-state index contributed by atoms with van der Waals surface area (Å²) in [5.74, 6) is 0.193. The van der Waals surface area contributed by atoms with Crippen LogP contribution in [0.4, 0.5) is 13.2 Å². The average Bonchev–Trinajstić information content (AvgIpc) is 2.46. The fourth-order valence-corrected chi connectivity index (χ4v) is 3.25. The topological polar surface area (TPSA) is 12.0 Å². The molecule has 0 aromatic rings. The zero-order valence-electron chi connectivity index (χ0n) is 9.86. The van der Waals surface area contributed by atoms with Gasteiger partial charge in [0, 0.05) is 11.8 Å². The maximum Gasteiger partial charge on any atom is 0.441 e. The normalized spacial score (nSPS) is 30.9. The van der Waals surface area contributed by atoms with Crippen LogP contribution in [-0.2, 0) is 0 Å². The first-order valence-electron chi connectivity index (χ1n) is 5.79. The summed E-state index contributed by atoms with van der Waals surface area (Å²) in [5, 5.41) is 3.38. The predicted molar refractivity (Wildman–Crippen MR) is 62.6 cm³/mol. The smallest absolute Gasteiger partial charge is 0.314 e. The average molecular weight is 255 g/mol. The first-order chi connectivity index (χ1) is 7.35. The highest BCUT2D eigenvalue weighted by Gasteiger charge is 2.36. The minimum atomic E-state index is -4.07. The Hall–Kier alpha value is 0.100. The fourth-order valence-electron chi connectivity index (χ4n) is 2.42. The van der Waals surface area contributed by atoms with Gasteiger partial charge in [-0.3, -0.25) is 0 Å². The molecule has 5 heteroatoms. The molecule has 1 nitrogen and oxygen atoms in total. The number of thioether (sulfide) groups is 1. The molecule has 0 saturated heterocycles. The monoisotopic (exact) mass is 255 g/mol. The van der Waals surface area contributed by atoms with Gasteiger partial charge in [0.1, 0.15) is 0 Å². The predicted octanol–water partition coefficient (Wildman–Crippen LogP) is 3.80. The molecule has 0 heterocycles. The fraction of sp³-hybridized carbons (Fsp3) is 1.00. The van der Waals surface area contributed by atoms with E-state index in [0.717, 1.165) is 25.8 Å². The van der Waals surface area contributed by atoms with Gasteiger partial charge in [0.15, 0.2) is 0 Å². The number of rotatable bonds is 5. The molecule has 0 aliphatic heterocycles. The van der Waals surface area contributed by atoms with E-state index < -0.39 is 5.51 Å². The molecule has 2 atom stereocenters. The van der Waals surface area contributed by atoms with Crippen LogP contribution in [0.5, 0.6) is 0 Å². The van der Waals surface area contributed by atoms with Crippen molar-refractivity contribution in [2.24, 2.45) is 5.41 Å². The molecule has 1 fully saturated rings. The number of alkyl halides is 3. The van der Waals surface area contributed by atoms with E-state index in [2.05, 4.69) is 19.2 Å². The molecule has 96 valence electrons. The minimum Gasteiger partial charge on any atom is -0.314 e. The lowest BCUT2D eigenvalue weighted by molar-refractivity contribution is -0.0329. The summed E-state index contributed by atoms with van der Waals surface area (Å²) in [4.78, 5) is 0. The van der Waals surface area contributed by atoms with Crippen LogP contribution >= 0.6 is 11.8 Å². The van der Waals surface area contributed by atoms with E-state index in [9.17, 15) is 13.2 Å². The van der Waals surface area contributed by atoms with Crippen LogP contribution in [0.1, 0.15) is 39.5 Å². The number of hydrogen-bond donors (Lipinski definition) is 1. The van der Waals surface area contributed by atoms with Gasteiger partial charge < -0.3 is 5.32 Å². The van der Waals surface area contributed by atoms with Crippen molar-refractivity contribution in [1.82, 2.24) is 5.32 Å². The molecular weight excluding hydrogens is 235 g/mol. The lowest BCUT2D eigenvalue weighted by atomic mass is 9.86. The van der Waals surface area contributed by atoms with Crippen LogP contribution in [0.25, 0.3) is 0 Å². The molecule has 1 aliphatic carbocycles. The van der Waals surface area contributed by atoms with Crippen LogP contribution in [0.3, 0.4) is 0 Å². The van der Waals surface area contributed by atoms with Gasteiger partial charge in [0.05, 0.1) is 0 Å². The van der Waals surface area contributed by atoms with E-state index in [-0.39, 0.29) is 22.9 Å². The van der Waals surface area contributed by atoms with Gasteiger partial charge in [-0.15, -0.1) is 0 Å². The van der Waals surface area contributed by atoms with E-state index in [1.165, 1.54) is 0 Å². The van der Waals surface area contributed by atoms with Crippen molar-refractivity contribution < 1.29 is 13.2 Å². The van der Waals surface area contributed by atoms with Crippen LogP contribution in [0, 0.1) is 5.41 Å². The first-order valence-corrected chi connectivity index (χ1v) is 6.77. The zero-order chi connectivity index (χ0) is 12.2. The molecule has 1 aliphatic rings. The third kappa shape index (κ3) is 4.95. The molecule has 1 saturated carbocycles. The Morgan fingerprint density at radius 1 is 1.44 bits per heavy atom. The Morgan fingerprint density at radius 2 is 2.12 bits per heavy atom. The lowest BCUT2D eigenvalue weighted by Crippen LogP contribution is -2.27. The van der Waals surface area contributed by atoms with Crippen LogP contribution in [0.2, 0.25) is 0 Å². The molecule has 1 rings (SSSR count). The highest BCUT2D eigenvalue weighted by Crippen LogP contribution is 2.43. The Morgan fingerprint density at radius 3 is 2.69 bits per heavy atom. The first kappa shape index (κ1) is 14.2. The second-order valence-electron chi connectivity index (χ2n) is 4.85. The highest BCUT2D eigenvalue weighted by atomic mass is 32.2. The molecule has 16 heavy (non-hydrogen) atoms. The summed E-state index contributed by atoms with van der Waals surface area (Å²) >= 11 is 0.113. The molecule has 0 spiro atoms. The maximum atomic E-state index is 12.0. The summed E-state index contributed by atoms with van der Waals surface area (Å²) in [6.45, 7) is 5.12. The van der Waals surface area contributed by atoms with Crippen molar-refractivity contribution in [2.45, 2.75) is 51.1 Å². The van der Waals surface area contributed by atoms with Gasteiger partial charge in [0.25, 0.3) is 0 Å². The van der Waals surface area contributed by atoms with Crippen LogP contribution < -0.4 is 5.32 Å². The molecular formula is C11H20F3NS. The van der Waals surface area contributed by atoms with E-state index in [1.54, 1.807) is 0 Å². The SMILES string of the molecule is CCNC1CCC(C)(CCSC(F)(F)F)C1. The minimum absolute atomic E-state index is 0.102. The maximum absolute atomic E-state index is 12.0. The van der Waals surface area contributed by atoms with Crippen molar-refractivity contribution in [3.8, 4) is 0 Å². The lowest BCUT2D eigenvalue weighted by Gasteiger charge is -2.24. The molecule has 0 radical (unpaired) electrons. The summed E-state index contributed by atoms with van der Waals surface area (Å²) in [5.41, 5.74) is -3.97. The number of hydrogen-bond acceptors (Lipinski definition) is 2. The van der Waals surface area contributed by atoms with E-state index in [0.29, 0.717) is 12.5 Å². The summed E-state index contributed by atoms with van der Waals surface area (Å²) in [6.07, 6.45) is 3.82. The van der Waals surface area contributed by atoms with Gasteiger partial charge in [0.2, 0.25) is 0 Å². The van der Waals surface area contributed by atoms with Crippen molar-refractivity contribution in [3.05, 3.63) is 0 Å². The van der Waals surface area contributed by atoms with Crippen molar-refractivity contribution in [3.63, 3.8) is 0 Å². The van der Waals surface area contributed by atoms with Gasteiger partial charge in [-0.25, -0.2) is 0 Å². The second-order valence-corrected chi connectivity index (χ2v) is 6.01. The third-order valence-corrected chi connectivity index (χ3v) is 4.04. The Bertz CT molecular complexity index is 220. The second kappa shape index (κ2) is 5.63. The highest BCUT2D eigenvalue weighted by molar-refractivity contribution is 8.00. The van der Waals surface area contributed by atoms with E-state index in [4.69, 9.17) is 0 Å². The molecule has 1 N–H and O–H groups in total. The standard InChI is InChI=1S/C11H20F3NS/c1-3-15-9-4-5-10(2,8-9)6-7-16-11(12,13)14/h9,15H,3-8H2,1-2H3. The van der Waals surface area contributed by atoms with E-state index in [1.807, 2.05) is 0 Å². The largest absolute Gasteiger partial charge is 0.441 e. The Balaban J connectivity index is 2.26. The third-order valence-electron chi connectivity index (χ3n) is 3.30. The Kier molecular flexibility index (Phi) is 4.98. The van der Waals surface area contributed by atoms with Crippen molar-refractivity contribution in [1.29, 1.82) is 0 Å². The summed E-state index contributed by atoms with van der Waals surface area (Å²) < 4.78 is 36.0. The Labute approximate surface area is 99.6 Å². The van der Waals surface area contributed by atoms with E-state index >= 15 is 0 Å². The number of halogens is 3. The molecule has 0 aromatic carbocycles.